The topological polar surface area (TPSA) is 42.4 Å². The maximum absolute atomic E-state index is 13.9. The van der Waals surface area contributed by atoms with Gasteiger partial charge in [-0.25, -0.2) is 13.6 Å². The van der Waals surface area contributed by atoms with Crippen LogP contribution in [0.15, 0.2) is 42.7 Å². The van der Waals surface area contributed by atoms with Gasteiger partial charge in [-0.15, -0.1) is 0 Å². The van der Waals surface area contributed by atoms with E-state index in [1.807, 2.05) is 12.1 Å². The van der Waals surface area contributed by atoms with E-state index < -0.39 is 23.6 Å². The lowest BCUT2D eigenvalue weighted by Gasteiger charge is -2.23. The molecule has 2 aromatic rings. The molecule has 2 rings (SSSR count). The standard InChI is InChI=1S/C18H20F2N2O2/c1-22(2)17(16-14(19)8-3-9-15(16)20)18(23)24-11-5-7-13-6-4-10-21-12-13/h3-4,6,8-10,12,17H,5,7,11H2,1-2H3/t17-/m1/s1. The number of rotatable bonds is 7. The molecule has 0 radical (unpaired) electrons. The molecule has 1 aromatic heterocycles. The van der Waals surface area contributed by atoms with Crippen molar-refractivity contribution >= 4 is 5.97 Å². The molecular formula is C18H20F2N2O2. The third-order valence-electron chi connectivity index (χ3n) is 3.59. The largest absolute Gasteiger partial charge is 0.464 e. The van der Waals surface area contributed by atoms with Gasteiger partial charge in [0.1, 0.15) is 17.7 Å². The van der Waals surface area contributed by atoms with Gasteiger partial charge in [-0.1, -0.05) is 12.1 Å². The molecule has 0 unspecified atom stereocenters. The fraction of sp³-hybridized carbons (Fsp3) is 0.333. The van der Waals surface area contributed by atoms with Crippen LogP contribution < -0.4 is 0 Å². The molecule has 0 saturated carbocycles. The second kappa shape index (κ2) is 8.49. The summed E-state index contributed by atoms with van der Waals surface area (Å²) in [6.45, 7) is 0.175. The first-order chi connectivity index (χ1) is 11.5. The van der Waals surface area contributed by atoms with Crippen molar-refractivity contribution < 1.29 is 18.3 Å². The minimum absolute atomic E-state index is 0.175. The number of ether oxygens (including phenoxy) is 1. The average Bonchev–Trinajstić information content (AvgIpc) is 2.55. The number of carbonyl (C=O) groups excluding carboxylic acids is 1. The highest BCUT2D eigenvalue weighted by Crippen LogP contribution is 2.25. The van der Waals surface area contributed by atoms with Crippen molar-refractivity contribution in [3.8, 4) is 0 Å². The number of carbonyl (C=O) groups is 1. The molecule has 6 heteroatoms. The number of halogens is 2. The molecule has 0 aliphatic rings. The third-order valence-corrected chi connectivity index (χ3v) is 3.59. The van der Waals surface area contributed by atoms with Crippen LogP contribution in [0.4, 0.5) is 8.78 Å². The maximum atomic E-state index is 13.9. The van der Waals surface area contributed by atoms with E-state index in [-0.39, 0.29) is 12.2 Å². The van der Waals surface area contributed by atoms with Crippen LogP contribution in [0.3, 0.4) is 0 Å². The monoisotopic (exact) mass is 334 g/mol. The van der Waals surface area contributed by atoms with Crippen molar-refractivity contribution in [1.29, 1.82) is 0 Å². The first-order valence-corrected chi connectivity index (χ1v) is 7.66. The Kier molecular flexibility index (Phi) is 6.37. The Morgan fingerprint density at radius 3 is 2.50 bits per heavy atom. The summed E-state index contributed by atoms with van der Waals surface area (Å²) in [4.78, 5) is 17.7. The number of aromatic nitrogens is 1. The molecule has 0 fully saturated rings. The van der Waals surface area contributed by atoms with Gasteiger partial charge in [-0.05, 0) is 50.7 Å². The minimum atomic E-state index is -1.12. The summed E-state index contributed by atoms with van der Waals surface area (Å²) in [5.41, 5.74) is 0.748. The summed E-state index contributed by atoms with van der Waals surface area (Å²) in [7, 11) is 3.15. The number of hydrogen-bond donors (Lipinski definition) is 0. The molecule has 1 aromatic carbocycles. The van der Waals surface area contributed by atoms with Gasteiger partial charge < -0.3 is 4.74 Å². The normalized spacial score (nSPS) is 12.2. The van der Waals surface area contributed by atoms with Gasteiger partial charge in [0.2, 0.25) is 0 Å². The van der Waals surface area contributed by atoms with E-state index in [0.717, 1.165) is 17.7 Å². The Morgan fingerprint density at radius 2 is 1.92 bits per heavy atom. The number of nitrogens with zero attached hydrogens (tertiary/aromatic N) is 2. The van der Waals surface area contributed by atoms with Crippen LogP contribution >= 0.6 is 0 Å². The molecule has 4 nitrogen and oxygen atoms in total. The molecule has 1 atom stereocenters. The average molecular weight is 334 g/mol. The number of benzene rings is 1. The van der Waals surface area contributed by atoms with Crippen molar-refractivity contribution in [2.24, 2.45) is 0 Å². The van der Waals surface area contributed by atoms with Crippen LogP contribution in [-0.2, 0) is 16.0 Å². The second-order valence-corrected chi connectivity index (χ2v) is 5.63. The van der Waals surface area contributed by atoms with E-state index in [1.165, 1.54) is 11.0 Å². The van der Waals surface area contributed by atoms with E-state index in [9.17, 15) is 13.6 Å². The fourth-order valence-electron chi connectivity index (χ4n) is 2.43. The van der Waals surface area contributed by atoms with E-state index >= 15 is 0 Å². The minimum Gasteiger partial charge on any atom is -0.464 e. The maximum Gasteiger partial charge on any atom is 0.328 e. The quantitative estimate of drug-likeness (QED) is 0.576. The summed E-state index contributed by atoms with van der Waals surface area (Å²) < 4.78 is 33.1. The first-order valence-electron chi connectivity index (χ1n) is 7.66. The highest BCUT2D eigenvalue weighted by Gasteiger charge is 2.30. The molecule has 0 aliphatic heterocycles. The third kappa shape index (κ3) is 4.58. The molecule has 0 N–H and O–H groups in total. The van der Waals surface area contributed by atoms with Crippen molar-refractivity contribution in [2.75, 3.05) is 20.7 Å². The van der Waals surface area contributed by atoms with E-state index in [1.54, 1.807) is 26.5 Å². The Hall–Kier alpha value is -2.34. The number of hydrogen-bond acceptors (Lipinski definition) is 4. The predicted octanol–water partition coefficient (Wildman–Crippen LogP) is 3.14. The number of likely N-dealkylation sites (N-methyl/N-ethyl adjacent to an activating group) is 1. The van der Waals surface area contributed by atoms with Crippen molar-refractivity contribution in [2.45, 2.75) is 18.9 Å². The zero-order chi connectivity index (χ0) is 17.5. The van der Waals surface area contributed by atoms with Crippen LogP contribution in [0.2, 0.25) is 0 Å². The molecule has 0 amide bonds. The smallest absolute Gasteiger partial charge is 0.328 e. The summed E-state index contributed by atoms with van der Waals surface area (Å²) >= 11 is 0. The van der Waals surface area contributed by atoms with Crippen LogP contribution in [-0.4, -0.2) is 36.6 Å². The van der Waals surface area contributed by atoms with Gasteiger partial charge in [-0.3, -0.25) is 9.88 Å². The SMILES string of the molecule is CN(C)[C@@H](C(=O)OCCCc1cccnc1)c1c(F)cccc1F. The Balaban J connectivity index is 1.97. The van der Waals surface area contributed by atoms with Crippen molar-refractivity contribution in [3.05, 3.63) is 65.5 Å². The number of esters is 1. The molecule has 1 heterocycles. The number of aryl methyl sites for hydroxylation is 1. The van der Waals surface area contributed by atoms with Gasteiger partial charge in [0.05, 0.1) is 12.2 Å². The molecule has 0 aliphatic carbocycles. The summed E-state index contributed by atoms with van der Waals surface area (Å²) in [5.74, 6) is -2.20. The van der Waals surface area contributed by atoms with E-state index in [4.69, 9.17) is 4.74 Å². The van der Waals surface area contributed by atoms with E-state index in [0.29, 0.717) is 12.8 Å². The van der Waals surface area contributed by atoms with Gasteiger partial charge in [-0.2, -0.15) is 0 Å². The predicted molar refractivity (Wildman–Crippen MR) is 86.3 cm³/mol. The fourth-order valence-corrected chi connectivity index (χ4v) is 2.43. The van der Waals surface area contributed by atoms with Crippen LogP contribution in [0.5, 0.6) is 0 Å². The molecule has 0 saturated heterocycles. The van der Waals surface area contributed by atoms with Gasteiger partial charge in [0.25, 0.3) is 0 Å². The second-order valence-electron chi connectivity index (χ2n) is 5.63. The van der Waals surface area contributed by atoms with Crippen LogP contribution in [0.1, 0.15) is 23.6 Å². The highest BCUT2D eigenvalue weighted by atomic mass is 19.1. The highest BCUT2D eigenvalue weighted by molar-refractivity contribution is 5.77. The molecule has 0 spiro atoms. The first kappa shape index (κ1) is 18.0. The Morgan fingerprint density at radius 1 is 1.21 bits per heavy atom. The van der Waals surface area contributed by atoms with Crippen LogP contribution in [0, 0.1) is 11.6 Å². The molecule has 128 valence electrons. The van der Waals surface area contributed by atoms with Gasteiger partial charge in [0, 0.05) is 12.4 Å². The molecule has 0 bridgehead atoms. The van der Waals surface area contributed by atoms with E-state index in [2.05, 4.69) is 4.98 Å². The lowest BCUT2D eigenvalue weighted by molar-refractivity contribution is -0.149. The zero-order valence-corrected chi connectivity index (χ0v) is 13.7. The number of pyridine rings is 1. The van der Waals surface area contributed by atoms with Crippen LogP contribution in [0.25, 0.3) is 0 Å². The van der Waals surface area contributed by atoms with Gasteiger partial charge in [0.15, 0.2) is 0 Å². The summed E-state index contributed by atoms with van der Waals surface area (Å²) in [6.07, 6.45) is 4.76. The molecular weight excluding hydrogens is 314 g/mol. The lowest BCUT2D eigenvalue weighted by atomic mass is 10.0. The Bertz CT molecular complexity index is 658. The van der Waals surface area contributed by atoms with Crippen molar-refractivity contribution in [1.82, 2.24) is 9.88 Å². The molecule has 24 heavy (non-hydrogen) atoms. The summed E-state index contributed by atoms with van der Waals surface area (Å²) in [5, 5.41) is 0. The lowest BCUT2D eigenvalue weighted by Crippen LogP contribution is -2.31. The van der Waals surface area contributed by atoms with Gasteiger partial charge >= 0.3 is 5.97 Å². The Labute approximate surface area is 140 Å². The summed E-state index contributed by atoms with van der Waals surface area (Å²) in [6, 6.07) is 6.18. The van der Waals surface area contributed by atoms with Crippen molar-refractivity contribution in [3.63, 3.8) is 0 Å². The zero-order valence-electron chi connectivity index (χ0n) is 13.7.